The zero-order valence-corrected chi connectivity index (χ0v) is 17.7. The molecule has 30 heavy (non-hydrogen) atoms. The number of carbonyl (C=O) groups is 2. The van der Waals surface area contributed by atoms with Crippen LogP contribution in [0.4, 0.5) is 5.69 Å². The molecule has 0 radical (unpaired) electrons. The first-order valence-corrected chi connectivity index (χ1v) is 9.92. The van der Waals surface area contributed by atoms with Gasteiger partial charge in [0.05, 0.1) is 5.57 Å². The summed E-state index contributed by atoms with van der Waals surface area (Å²) in [6, 6.07) is 17.1. The van der Waals surface area contributed by atoms with Crippen LogP contribution in [0.5, 0.6) is 0 Å². The Bertz CT molecular complexity index is 956. The number of anilines is 1. The number of hydrogen-bond acceptors (Lipinski definition) is 4. The van der Waals surface area contributed by atoms with E-state index in [0.29, 0.717) is 23.4 Å². The van der Waals surface area contributed by atoms with E-state index in [-0.39, 0.29) is 0 Å². The largest absolute Gasteiger partial charge is 0.380 e. The second-order valence-corrected chi connectivity index (χ2v) is 7.07. The SMILES string of the molecule is CC/C(C)=C/C(C(N)=O)=C(\C=C(/C)Nc1ccc(C=O)cc1)NCc1ccccc1. The molecule has 0 aliphatic carbocycles. The molecule has 0 aliphatic heterocycles. The maximum absolute atomic E-state index is 12.2. The number of aldehydes is 1. The lowest BCUT2D eigenvalue weighted by Crippen LogP contribution is -2.21. The minimum Gasteiger partial charge on any atom is -0.380 e. The van der Waals surface area contributed by atoms with E-state index in [2.05, 4.69) is 10.6 Å². The van der Waals surface area contributed by atoms with E-state index in [1.165, 1.54) is 0 Å². The molecule has 0 saturated carbocycles. The molecule has 0 aromatic heterocycles. The fourth-order valence-electron chi connectivity index (χ4n) is 2.77. The highest BCUT2D eigenvalue weighted by Crippen LogP contribution is 2.16. The monoisotopic (exact) mass is 403 g/mol. The molecule has 0 aliphatic rings. The number of rotatable bonds is 10. The summed E-state index contributed by atoms with van der Waals surface area (Å²) in [6.07, 6.45) is 5.34. The van der Waals surface area contributed by atoms with Crippen molar-refractivity contribution >= 4 is 17.9 Å². The molecule has 0 saturated heterocycles. The zero-order valence-electron chi connectivity index (χ0n) is 17.7. The van der Waals surface area contributed by atoms with Gasteiger partial charge >= 0.3 is 0 Å². The topological polar surface area (TPSA) is 84.2 Å². The molecule has 0 fully saturated rings. The molecule has 5 nitrogen and oxygen atoms in total. The Morgan fingerprint density at radius 2 is 1.67 bits per heavy atom. The van der Waals surface area contributed by atoms with Crippen molar-refractivity contribution in [1.29, 1.82) is 0 Å². The molecule has 5 heteroatoms. The zero-order chi connectivity index (χ0) is 21.9. The third-order valence-electron chi connectivity index (χ3n) is 4.58. The first-order chi connectivity index (χ1) is 14.4. The quantitative estimate of drug-likeness (QED) is 0.305. The molecule has 4 N–H and O–H groups in total. The summed E-state index contributed by atoms with van der Waals surface area (Å²) in [5.74, 6) is -0.488. The number of hydrogen-bond donors (Lipinski definition) is 3. The van der Waals surface area contributed by atoms with Crippen LogP contribution < -0.4 is 16.4 Å². The number of allylic oxidation sites excluding steroid dienone is 3. The molecule has 156 valence electrons. The van der Waals surface area contributed by atoms with E-state index < -0.39 is 5.91 Å². The van der Waals surface area contributed by atoms with Crippen LogP contribution in [0.3, 0.4) is 0 Å². The van der Waals surface area contributed by atoms with Crippen LogP contribution in [-0.2, 0) is 11.3 Å². The normalized spacial score (nSPS) is 12.8. The predicted molar refractivity (Wildman–Crippen MR) is 123 cm³/mol. The number of nitrogens with two attached hydrogens (primary N) is 1. The van der Waals surface area contributed by atoms with Crippen molar-refractivity contribution in [3.05, 3.63) is 100 Å². The van der Waals surface area contributed by atoms with Crippen LogP contribution in [0.1, 0.15) is 43.1 Å². The van der Waals surface area contributed by atoms with Crippen molar-refractivity contribution in [3.8, 4) is 0 Å². The van der Waals surface area contributed by atoms with Crippen LogP contribution in [0.15, 0.2) is 89.3 Å². The van der Waals surface area contributed by atoms with Gasteiger partial charge in [-0.1, -0.05) is 42.8 Å². The Morgan fingerprint density at radius 1 is 1.00 bits per heavy atom. The fourth-order valence-corrected chi connectivity index (χ4v) is 2.77. The molecule has 2 rings (SSSR count). The van der Waals surface area contributed by atoms with Gasteiger partial charge in [0.1, 0.15) is 6.29 Å². The van der Waals surface area contributed by atoms with Crippen LogP contribution in [-0.4, -0.2) is 12.2 Å². The first-order valence-electron chi connectivity index (χ1n) is 9.92. The smallest absolute Gasteiger partial charge is 0.250 e. The van der Waals surface area contributed by atoms with Gasteiger partial charge in [-0.15, -0.1) is 0 Å². The Hall–Kier alpha value is -3.60. The van der Waals surface area contributed by atoms with Crippen LogP contribution >= 0.6 is 0 Å². The van der Waals surface area contributed by atoms with Crippen molar-refractivity contribution in [1.82, 2.24) is 5.32 Å². The van der Waals surface area contributed by atoms with Crippen molar-refractivity contribution in [2.75, 3.05) is 5.32 Å². The van der Waals surface area contributed by atoms with Gasteiger partial charge in [-0.3, -0.25) is 9.59 Å². The predicted octanol–water partition coefficient (Wildman–Crippen LogP) is 4.70. The van der Waals surface area contributed by atoms with Crippen LogP contribution in [0.25, 0.3) is 0 Å². The first kappa shape index (κ1) is 22.7. The fraction of sp³-hybridized carbons (Fsp3) is 0.200. The average Bonchev–Trinajstić information content (AvgIpc) is 2.76. The van der Waals surface area contributed by atoms with Crippen molar-refractivity contribution in [2.45, 2.75) is 33.7 Å². The summed E-state index contributed by atoms with van der Waals surface area (Å²) in [5.41, 5.74) is 11.2. The Kier molecular flexibility index (Phi) is 8.63. The van der Waals surface area contributed by atoms with Gasteiger partial charge < -0.3 is 16.4 Å². The van der Waals surface area contributed by atoms with Gasteiger partial charge in [-0.05, 0) is 62.2 Å². The molecule has 2 aromatic carbocycles. The van der Waals surface area contributed by atoms with Gasteiger partial charge in [0, 0.05) is 29.2 Å². The average molecular weight is 404 g/mol. The van der Waals surface area contributed by atoms with Gasteiger partial charge in [0.15, 0.2) is 0 Å². The lowest BCUT2D eigenvalue weighted by molar-refractivity contribution is -0.114. The van der Waals surface area contributed by atoms with E-state index in [1.54, 1.807) is 12.1 Å². The summed E-state index contributed by atoms with van der Waals surface area (Å²) in [6.45, 7) is 6.48. The molecule has 1 amide bonds. The van der Waals surface area contributed by atoms with Crippen LogP contribution in [0.2, 0.25) is 0 Å². The van der Waals surface area contributed by atoms with E-state index in [4.69, 9.17) is 5.73 Å². The highest BCUT2D eigenvalue weighted by atomic mass is 16.1. The molecule has 0 unspecified atom stereocenters. The molecule has 2 aromatic rings. The maximum atomic E-state index is 12.2. The summed E-state index contributed by atoms with van der Waals surface area (Å²) < 4.78 is 0. The Balaban J connectivity index is 2.36. The second-order valence-electron chi connectivity index (χ2n) is 7.07. The van der Waals surface area contributed by atoms with Gasteiger partial charge in [-0.2, -0.15) is 0 Å². The number of nitrogens with one attached hydrogen (secondary N) is 2. The number of amides is 1. The molecule has 0 atom stereocenters. The third kappa shape index (κ3) is 7.09. The number of primary amides is 1. The molecule has 0 bridgehead atoms. The van der Waals surface area contributed by atoms with Crippen LogP contribution in [0, 0.1) is 0 Å². The van der Waals surface area contributed by atoms with Gasteiger partial charge in [0.25, 0.3) is 5.91 Å². The lowest BCUT2D eigenvalue weighted by atomic mass is 10.1. The Labute approximate surface area is 178 Å². The minimum atomic E-state index is -0.488. The van der Waals surface area contributed by atoms with Gasteiger partial charge in [0.2, 0.25) is 0 Å². The standard InChI is InChI=1S/C25H29N3O2/c1-4-18(2)14-23(25(26)30)24(27-16-20-8-6-5-7-9-20)15-19(3)28-22-12-10-21(17-29)11-13-22/h5-15,17,27-28H,4,16H2,1-3H3,(H2,26,30)/b18-14+,19-15+,24-23-. The van der Waals surface area contributed by atoms with E-state index >= 15 is 0 Å². The van der Waals surface area contributed by atoms with E-state index in [0.717, 1.165) is 35.2 Å². The number of benzene rings is 2. The minimum absolute atomic E-state index is 0.433. The van der Waals surface area contributed by atoms with Crippen molar-refractivity contribution in [3.63, 3.8) is 0 Å². The van der Waals surface area contributed by atoms with Crippen molar-refractivity contribution in [2.24, 2.45) is 5.73 Å². The second kappa shape index (κ2) is 11.4. The summed E-state index contributed by atoms with van der Waals surface area (Å²) in [4.78, 5) is 23.0. The van der Waals surface area contributed by atoms with Gasteiger partial charge in [-0.25, -0.2) is 0 Å². The molecular formula is C25H29N3O2. The number of carbonyl (C=O) groups excluding carboxylic acids is 2. The van der Waals surface area contributed by atoms with E-state index in [1.807, 2.05) is 75.4 Å². The highest BCUT2D eigenvalue weighted by molar-refractivity contribution is 5.96. The van der Waals surface area contributed by atoms with E-state index in [9.17, 15) is 9.59 Å². The summed E-state index contributed by atoms with van der Waals surface area (Å²) >= 11 is 0. The molecule has 0 spiro atoms. The van der Waals surface area contributed by atoms with Crippen molar-refractivity contribution < 1.29 is 9.59 Å². The Morgan fingerprint density at radius 3 is 2.23 bits per heavy atom. The molecular weight excluding hydrogens is 374 g/mol. The summed E-state index contributed by atoms with van der Waals surface area (Å²) in [5, 5.41) is 6.63. The third-order valence-corrected chi connectivity index (χ3v) is 4.58. The highest BCUT2D eigenvalue weighted by Gasteiger charge is 2.10. The lowest BCUT2D eigenvalue weighted by Gasteiger charge is -2.14. The summed E-state index contributed by atoms with van der Waals surface area (Å²) in [7, 11) is 0. The molecule has 0 heterocycles. The maximum Gasteiger partial charge on any atom is 0.250 e.